The van der Waals surface area contributed by atoms with Crippen molar-refractivity contribution in [2.75, 3.05) is 19.7 Å². The third-order valence-corrected chi connectivity index (χ3v) is 6.86. The molecule has 3 heterocycles. The molecule has 1 aliphatic carbocycles. The van der Waals surface area contributed by atoms with Crippen molar-refractivity contribution in [3.05, 3.63) is 11.9 Å². The Hall–Kier alpha value is -2.53. The van der Waals surface area contributed by atoms with Crippen LogP contribution in [0, 0.1) is 11.3 Å². The van der Waals surface area contributed by atoms with Gasteiger partial charge in [0.1, 0.15) is 12.1 Å². The quantitative estimate of drug-likeness (QED) is 0.481. The van der Waals surface area contributed by atoms with Crippen LogP contribution in [0.25, 0.3) is 0 Å². The standard InChI is InChI=1S/C23H36N6O5/c1-23(2,3)20(29-11-17(26-27-29)14-4-5-14)22(33)28-10-15(30)8-18(28)21(32)25-9-16-6-13(12-34-16)7-19(24)31/h11,13-16,18,20,30H,4-10,12H2,1-3H3,(H2,24,31)(H,25,32)/t13?,15?,16?,18?,20-/m1/s1. The zero-order valence-corrected chi connectivity index (χ0v) is 20.1. The Kier molecular flexibility index (Phi) is 6.95. The van der Waals surface area contributed by atoms with E-state index in [2.05, 4.69) is 15.6 Å². The number of amides is 3. The van der Waals surface area contributed by atoms with Crippen molar-refractivity contribution in [1.29, 1.82) is 0 Å². The van der Waals surface area contributed by atoms with Crippen LogP contribution in [-0.2, 0) is 19.1 Å². The van der Waals surface area contributed by atoms with Crippen LogP contribution in [0.4, 0.5) is 0 Å². The number of nitrogens with one attached hydrogen (secondary N) is 1. The monoisotopic (exact) mass is 476 g/mol. The summed E-state index contributed by atoms with van der Waals surface area (Å²) in [5.74, 6) is -0.470. The normalized spacial score (nSPS) is 28.2. The van der Waals surface area contributed by atoms with E-state index < -0.39 is 23.6 Å². The van der Waals surface area contributed by atoms with Gasteiger partial charge in [0, 0.05) is 38.0 Å². The number of β-amino-alcohol motifs (C(OH)–C–C–N with tert-alkyl or cyclic N) is 1. The van der Waals surface area contributed by atoms with Gasteiger partial charge in [-0.25, -0.2) is 4.68 Å². The van der Waals surface area contributed by atoms with E-state index in [1.165, 1.54) is 4.90 Å². The fraction of sp³-hybridized carbons (Fsp3) is 0.783. The van der Waals surface area contributed by atoms with Crippen molar-refractivity contribution < 1.29 is 24.2 Å². The number of rotatable bonds is 8. The summed E-state index contributed by atoms with van der Waals surface area (Å²) >= 11 is 0. The third-order valence-electron chi connectivity index (χ3n) is 6.86. The highest BCUT2D eigenvalue weighted by Gasteiger charge is 2.45. The van der Waals surface area contributed by atoms with Crippen LogP contribution in [-0.4, -0.2) is 80.7 Å². The zero-order valence-electron chi connectivity index (χ0n) is 20.1. The molecule has 188 valence electrons. The minimum absolute atomic E-state index is 0.0570. The molecule has 0 radical (unpaired) electrons. The summed E-state index contributed by atoms with van der Waals surface area (Å²) in [6.45, 7) is 6.67. The Morgan fingerprint density at radius 3 is 2.68 bits per heavy atom. The van der Waals surface area contributed by atoms with E-state index >= 15 is 0 Å². The van der Waals surface area contributed by atoms with E-state index in [4.69, 9.17) is 10.5 Å². The van der Waals surface area contributed by atoms with Gasteiger partial charge < -0.3 is 25.8 Å². The van der Waals surface area contributed by atoms with Crippen molar-refractivity contribution in [3.8, 4) is 0 Å². The van der Waals surface area contributed by atoms with Gasteiger partial charge in [-0.1, -0.05) is 26.0 Å². The van der Waals surface area contributed by atoms with Gasteiger partial charge in [0.05, 0.1) is 24.5 Å². The predicted octanol–water partition coefficient (Wildman–Crippen LogP) is 0.101. The van der Waals surface area contributed by atoms with Gasteiger partial charge in [0.2, 0.25) is 17.7 Å². The summed E-state index contributed by atoms with van der Waals surface area (Å²) in [6, 6.07) is -1.43. The van der Waals surface area contributed by atoms with Gasteiger partial charge >= 0.3 is 0 Å². The molecule has 0 spiro atoms. The number of aliphatic hydroxyl groups excluding tert-OH is 1. The van der Waals surface area contributed by atoms with Crippen LogP contribution in [0.2, 0.25) is 0 Å². The average Bonchev–Trinajstić information content (AvgIpc) is 3.13. The van der Waals surface area contributed by atoms with Gasteiger partial charge in [-0.15, -0.1) is 5.10 Å². The second-order valence-electron chi connectivity index (χ2n) is 11.0. The maximum absolute atomic E-state index is 13.7. The summed E-state index contributed by atoms with van der Waals surface area (Å²) in [4.78, 5) is 39.4. The first-order valence-electron chi connectivity index (χ1n) is 12.1. The minimum atomic E-state index is -0.777. The first-order valence-corrected chi connectivity index (χ1v) is 12.1. The average molecular weight is 477 g/mol. The summed E-state index contributed by atoms with van der Waals surface area (Å²) in [7, 11) is 0. The number of hydrogen-bond donors (Lipinski definition) is 3. The Labute approximate surface area is 199 Å². The molecule has 4 unspecified atom stereocenters. The van der Waals surface area contributed by atoms with Gasteiger partial charge in [-0.3, -0.25) is 14.4 Å². The molecular formula is C23H36N6O5. The lowest BCUT2D eigenvalue weighted by Gasteiger charge is -2.34. The highest BCUT2D eigenvalue weighted by atomic mass is 16.5. The van der Waals surface area contributed by atoms with Gasteiger partial charge in [0.15, 0.2) is 0 Å². The molecule has 3 aliphatic rings. The van der Waals surface area contributed by atoms with E-state index in [1.807, 2.05) is 27.0 Å². The molecule has 1 aromatic heterocycles. The van der Waals surface area contributed by atoms with E-state index in [-0.39, 0.29) is 55.7 Å². The van der Waals surface area contributed by atoms with Crippen molar-refractivity contribution in [3.63, 3.8) is 0 Å². The fourth-order valence-corrected chi connectivity index (χ4v) is 5.01. The molecule has 11 nitrogen and oxygen atoms in total. The summed E-state index contributed by atoms with van der Waals surface area (Å²) in [5, 5.41) is 21.7. The number of nitrogens with two attached hydrogens (primary N) is 1. The number of primary amides is 1. The Morgan fingerprint density at radius 1 is 1.29 bits per heavy atom. The van der Waals surface area contributed by atoms with Crippen molar-refractivity contribution >= 4 is 17.7 Å². The number of ether oxygens (including phenoxy) is 1. The summed E-state index contributed by atoms with van der Waals surface area (Å²) in [6.07, 6.45) is 4.11. The number of carbonyl (C=O) groups excluding carboxylic acids is 3. The maximum Gasteiger partial charge on any atom is 0.248 e. The second-order valence-corrected chi connectivity index (χ2v) is 11.0. The molecule has 11 heteroatoms. The van der Waals surface area contributed by atoms with Crippen molar-refractivity contribution in [2.45, 2.75) is 83.1 Å². The molecule has 1 aromatic rings. The smallest absolute Gasteiger partial charge is 0.248 e. The molecule has 3 fully saturated rings. The first kappa shape index (κ1) is 24.6. The van der Waals surface area contributed by atoms with E-state index in [9.17, 15) is 19.5 Å². The van der Waals surface area contributed by atoms with Crippen LogP contribution in [0.1, 0.15) is 70.5 Å². The zero-order chi connectivity index (χ0) is 24.6. The predicted molar refractivity (Wildman–Crippen MR) is 121 cm³/mol. The number of nitrogens with zero attached hydrogens (tertiary/aromatic N) is 4. The van der Waals surface area contributed by atoms with E-state index in [1.54, 1.807) is 4.68 Å². The Bertz CT molecular complexity index is 923. The van der Waals surface area contributed by atoms with Gasteiger partial charge in [-0.05, 0) is 30.6 Å². The van der Waals surface area contributed by atoms with Gasteiger partial charge in [-0.2, -0.15) is 0 Å². The topological polar surface area (TPSA) is 153 Å². The molecule has 5 atom stereocenters. The Morgan fingerprint density at radius 2 is 2.03 bits per heavy atom. The summed E-state index contributed by atoms with van der Waals surface area (Å²) in [5.41, 5.74) is 5.67. The molecule has 34 heavy (non-hydrogen) atoms. The highest BCUT2D eigenvalue weighted by molar-refractivity contribution is 5.90. The fourth-order valence-electron chi connectivity index (χ4n) is 5.01. The number of likely N-dealkylation sites (tertiary alicyclic amines) is 1. The van der Waals surface area contributed by atoms with Crippen LogP contribution >= 0.6 is 0 Å². The minimum Gasteiger partial charge on any atom is -0.391 e. The van der Waals surface area contributed by atoms with Crippen molar-refractivity contribution in [1.82, 2.24) is 25.2 Å². The van der Waals surface area contributed by atoms with Crippen molar-refractivity contribution in [2.24, 2.45) is 17.1 Å². The van der Waals surface area contributed by atoms with E-state index in [0.717, 1.165) is 18.5 Å². The lowest BCUT2D eigenvalue weighted by atomic mass is 9.85. The largest absolute Gasteiger partial charge is 0.391 e. The number of hydrogen-bond acceptors (Lipinski definition) is 7. The molecule has 0 bridgehead atoms. The molecule has 1 saturated carbocycles. The lowest BCUT2D eigenvalue weighted by Crippen LogP contribution is -2.51. The van der Waals surface area contributed by atoms with E-state index in [0.29, 0.717) is 18.9 Å². The van der Waals surface area contributed by atoms with Crippen LogP contribution in [0.15, 0.2) is 6.20 Å². The third kappa shape index (κ3) is 5.57. The number of carbonyl (C=O) groups is 3. The molecular weight excluding hydrogens is 440 g/mol. The maximum atomic E-state index is 13.7. The number of aromatic nitrogens is 3. The highest BCUT2D eigenvalue weighted by Crippen LogP contribution is 2.40. The van der Waals surface area contributed by atoms with Crippen LogP contribution < -0.4 is 11.1 Å². The molecule has 4 N–H and O–H groups in total. The van der Waals surface area contributed by atoms with Crippen LogP contribution in [0.5, 0.6) is 0 Å². The summed E-state index contributed by atoms with van der Waals surface area (Å²) < 4.78 is 7.28. The number of aliphatic hydroxyl groups is 1. The SMILES string of the molecule is CC(C)(C)[C@@H](C(=O)N1CC(O)CC1C(=O)NCC1CC(CC(N)=O)CO1)n1cc(C2CC2)nn1. The molecule has 2 saturated heterocycles. The van der Waals surface area contributed by atoms with Gasteiger partial charge in [0.25, 0.3) is 0 Å². The van der Waals surface area contributed by atoms with Crippen LogP contribution in [0.3, 0.4) is 0 Å². The first-order chi connectivity index (χ1) is 16.0. The second kappa shape index (κ2) is 9.61. The molecule has 4 rings (SSSR count). The lowest BCUT2D eigenvalue weighted by molar-refractivity contribution is -0.144. The molecule has 3 amide bonds. The molecule has 0 aromatic carbocycles. The Balaban J connectivity index is 1.42. The molecule has 2 aliphatic heterocycles.